The van der Waals surface area contributed by atoms with Gasteiger partial charge in [0, 0.05) is 19.6 Å². The van der Waals surface area contributed by atoms with Gasteiger partial charge < -0.3 is 58.0 Å². The van der Waals surface area contributed by atoms with Crippen LogP contribution in [0, 0.1) is 0 Å². The van der Waals surface area contributed by atoms with Crippen molar-refractivity contribution < 1.29 is 86.7 Å². The Morgan fingerprint density at radius 3 is 0.853 bits per heavy atom. The lowest BCUT2D eigenvalue weighted by Gasteiger charge is -2.30. The molecule has 0 aromatic heterocycles. The van der Waals surface area contributed by atoms with Crippen LogP contribution in [0.25, 0.3) is 0 Å². The molecule has 21 heteroatoms. The Morgan fingerprint density at radius 2 is 0.598 bits per heavy atom. The molecule has 102 heavy (non-hydrogen) atoms. The number of aliphatic carboxylic acids is 3. The summed E-state index contributed by atoms with van der Waals surface area (Å²) >= 11 is 0. The van der Waals surface area contributed by atoms with Crippen molar-refractivity contribution in [2.24, 2.45) is 0 Å². The number of esters is 3. The van der Waals surface area contributed by atoms with E-state index in [4.69, 9.17) is 58.0 Å². The van der Waals surface area contributed by atoms with Crippen molar-refractivity contribution in [2.75, 3.05) is 100 Å². The zero-order chi connectivity index (χ0) is 72.5. The number of ether oxygens (including phenoxy) is 9. The molecule has 0 aliphatic carbocycles. The molecule has 21 nitrogen and oxygen atoms in total. The number of likely N-dealkylation sites (tertiary alicyclic amines) is 3. The van der Waals surface area contributed by atoms with Gasteiger partial charge in [0.05, 0.1) is 59.9 Å². The van der Waals surface area contributed by atoms with Gasteiger partial charge in [-0.3, -0.25) is 43.5 Å². The summed E-state index contributed by atoms with van der Waals surface area (Å²) in [5.74, 6) is 0.314. The quantitative estimate of drug-likeness (QED) is 0.0239. The number of rotatable bonds is 39. The van der Waals surface area contributed by atoms with Gasteiger partial charge in [-0.15, -0.1) is 0 Å². The van der Waals surface area contributed by atoms with Crippen LogP contribution in [-0.4, -0.2) is 184 Å². The first kappa shape index (κ1) is 80.1. The fourth-order valence-electron chi connectivity index (χ4n) is 12.4. The third-order valence-electron chi connectivity index (χ3n) is 17.9. The Labute approximate surface area is 601 Å². The zero-order valence-corrected chi connectivity index (χ0v) is 59.7. The number of carbonyl (C=O) groups excluding carboxylic acids is 3. The van der Waals surface area contributed by atoms with Gasteiger partial charge in [0.2, 0.25) is 0 Å². The summed E-state index contributed by atoms with van der Waals surface area (Å²) in [7, 11) is 4.99. The fourth-order valence-corrected chi connectivity index (χ4v) is 12.4. The Hall–Kier alpha value is -9.18. The maximum atomic E-state index is 12.2. The smallest absolute Gasteiger partial charge is 0.306 e. The molecule has 0 bridgehead atoms. The molecule has 6 aromatic rings. The Bertz CT molecular complexity index is 3130. The summed E-state index contributed by atoms with van der Waals surface area (Å²) < 4.78 is 51.3. The molecule has 3 atom stereocenters. The molecular weight excluding hydrogens is 1300 g/mol. The van der Waals surface area contributed by atoms with Gasteiger partial charge in [-0.25, -0.2) is 0 Å². The van der Waals surface area contributed by atoms with Crippen LogP contribution >= 0.6 is 0 Å². The number of carboxylic acids is 3. The summed E-state index contributed by atoms with van der Waals surface area (Å²) in [6, 6.07) is 47.8. The van der Waals surface area contributed by atoms with E-state index in [9.17, 15) is 28.8 Å². The second-order valence-electron chi connectivity index (χ2n) is 25.9. The molecule has 3 aliphatic rings. The molecule has 0 spiro atoms. The van der Waals surface area contributed by atoms with Gasteiger partial charge in [-0.2, -0.15) is 0 Å². The highest BCUT2D eigenvalue weighted by Crippen LogP contribution is 2.27. The Kier molecular flexibility index (Phi) is 35.9. The van der Waals surface area contributed by atoms with Gasteiger partial charge in [-0.1, -0.05) is 110 Å². The lowest BCUT2D eigenvalue weighted by Crippen LogP contribution is -2.41. The van der Waals surface area contributed by atoms with E-state index in [0.29, 0.717) is 19.6 Å². The van der Waals surface area contributed by atoms with Crippen LogP contribution in [-0.2, 0) is 81.5 Å². The number of para-hydroxylation sites is 3. The molecule has 0 amide bonds. The van der Waals surface area contributed by atoms with Crippen LogP contribution in [0.2, 0.25) is 0 Å². The van der Waals surface area contributed by atoms with Crippen LogP contribution in [0.15, 0.2) is 146 Å². The first-order valence-corrected chi connectivity index (χ1v) is 36.0. The van der Waals surface area contributed by atoms with E-state index in [0.717, 1.165) is 168 Å². The van der Waals surface area contributed by atoms with E-state index in [1.54, 1.807) is 21.3 Å². The number of benzene rings is 6. The molecule has 3 aliphatic heterocycles. The van der Waals surface area contributed by atoms with E-state index >= 15 is 0 Å². The average molecular weight is 1410 g/mol. The number of methoxy groups -OCH3 is 3. The van der Waals surface area contributed by atoms with E-state index in [1.165, 1.54) is 36.0 Å². The molecule has 0 radical (unpaired) electrons. The number of hydrogen-bond acceptors (Lipinski definition) is 18. The summed E-state index contributed by atoms with van der Waals surface area (Å²) in [5.41, 5.74) is 6.80. The number of nitrogens with zero attached hydrogens (tertiary/aromatic N) is 3. The zero-order valence-electron chi connectivity index (χ0n) is 59.7. The summed E-state index contributed by atoms with van der Waals surface area (Å²) in [4.78, 5) is 75.9. The number of hydrogen-bond donors (Lipinski definition) is 3. The van der Waals surface area contributed by atoms with E-state index in [2.05, 4.69) is 32.9 Å². The number of aryl methyl sites for hydroxylation is 6. The minimum Gasteiger partial charge on any atom is -0.497 e. The minimum absolute atomic E-state index is 0.136. The Balaban J connectivity index is 0.000000214. The van der Waals surface area contributed by atoms with Crippen molar-refractivity contribution in [1.29, 1.82) is 0 Å². The highest BCUT2D eigenvalue weighted by atomic mass is 16.6. The predicted octanol–water partition coefficient (Wildman–Crippen LogP) is 12.4. The van der Waals surface area contributed by atoms with Crippen LogP contribution in [0.3, 0.4) is 0 Å². The second kappa shape index (κ2) is 45.6. The van der Waals surface area contributed by atoms with Gasteiger partial charge in [0.25, 0.3) is 0 Å². The highest BCUT2D eigenvalue weighted by molar-refractivity contribution is 5.78. The first-order chi connectivity index (χ1) is 49.6. The lowest BCUT2D eigenvalue weighted by molar-refractivity contribution is -0.154. The van der Waals surface area contributed by atoms with Crippen LogP contribution in [0.1, 0.15) is 130 Å². The Morgan fingerprint density at radius 1 is 0.333 bits per heavy atom. The SMILES string of the molecule is COc1cccc(CCc2ccccc2OCC(CN2CCCCC2)OC(=O)CCC(=O)O)c1.COc1cccc(CCc2ccccc2OCC(CN2CCCCC2)OC(=O)CCC(=O)O)c1.COc1cccc(CCc2ccccc2OCC(CN2CCCCC2)OC(=O)CCC(=O)O)c1. The summed E-state index contributed by atoms with van der Waals surface area (Å²) in [5, 5.41) is 26.6. The van der Waals surface area contributed by atoms with E-state index in [1.807, 2.05) is 127 Å². The molecule has 3 N–H and O–H groups in total. The van der Waals surface area contributed by atoms with Crippen molar-refractivity contribution in [3.8, 4) is 34.5 Å². The van der Waals surface area contributed by atoms with Crippen molar-refractivity contribution in [2.45, 2.75) is 153 Å². The van der Waals surface area contributed by atoms with Crippen LogP contribution < -0.4 is 28.4 Å². The third-order valence-corrected chi connectivity index (χ3v) is 17.9. The molecular formula is C81H105N3O18. The van der Waals surface area contributed by atoms with Crippen LogP contribution in [0.5, 0.6) is 34.5 Å². The minimum atomic E-state index is -1.01. The largest absolute Gasteiger partial charge is 0.497 e. The summed E-state index contributed by atoms with van der Waals surface area (Å²) in [6.07, 6.45) is 12.9. The van der Waals surface area contributed by atoms with Gasteiger partial charge in [0.15, 0.2) is 0 Å². The van der Waals surface area contributed by atoms with Crippen molar-refractivity contribution in [3.63, 3.8) is 0 Å². The third kappa shape index (κ3) is 31.4. The molecule has 3 fully saturated rings. The number of carboxylic acid groups (broad SMARTS) is 3. The lowest BCUT2D eigenvalue weighted by atomic mass is 10.0. The second-order valence-corrected chi connectivity index (χ2v) is 25.9. The number of carbonyl (C=O) groups is 6. The average Bonchev–Trinajstić information content (AvgIpc) is 0.881. The van der Waals surface area contributed by atoms with Crippen molar-refractivity contribution >= 4 is 35.8 Å². The predicted molar refractivity (Wildman–Crippen MR) is 388 cm³/mol. The molecule has 3 heterocycles. The van der Waals surface area contributed by atoms with Gasteiger partial charge in [-0.05, 0) is 204 Å². The maximum Gasteiger partial charge on any atom is 0.306 e. The molecule has 0 saturated carbocycles. The topological polar surface area (TPSA) is 256 Å². The van der Waals surface area contributed by atoms with Crippen molar-refractivity contribution in [1.82, 2.24) is 14.7 Å². The summed E-state index contributed by atoms with van der Waals surface area (Å²) in [6.45, 7) is 8.28. The van der Waals surface area contributed by atoms with E-state index < -0.39 is 54.1 Å². The van der Waals surface area contributed by atoms with Crippen molar-refractivity contribution in [3.05, 3.63) is 179 Å². The molecule has 9 rings (SSSR count). The molecule has 6 aromatic carbocycles. The van der Waals surface area contributed by atoms with Gasteiger partial charge in [0.1, 0.15) is 72.6 Å². The van der Waals surface area contributed by atoms with Crippen LogP contribution in [0.4, 0.5) is 0 Å². The first-order valence-electron chi connectivity index (χ1n) is 36.0. The normalized spacial score (nSPS) is 14.9. The molecule has 3 saturated heterocycles. The number of piperidine rings is 3. The monoisotopic (exact) mass is 1410 g/mol. The molecule has 3 unspecified atom stereocenters. The molecule has 552 valence electrons. The standard InChI is InChI=1S/3C27H35NO6/c3*1-32-23-10-7-8-21(18-23)12-13-22-9-3-4-11-25(22)33-20-24(19-28-16-5-2-6-17-28)34-27(31)15-14-26(29)30/h3*3-4,7-11,18,24H,2,5-6,12-17,19-20H2,1H3,(H,29,30). The van der Waals surface area contributed by atoms with Gasteiger partial charge >= 0.3 is 35.8 Å². The highest BCUT2D eigenvalue weighted by Gasteiger charge is 2.26. The van der Waals surface area contributed by atoms with E-state index in [-0.39, 0.29) is 58.3 Å². The fraction of sp³-hybridized carbons (Fsp3) is 0.481. The maximum absolute atomic E-state index is 12.2.